The Kier molecular flexibility index (Phi) is 18.4. The molecule has 0 unspecified atom stereocenters. The lowest BCUT2D eigenvalue weighted by molar-refractivity contribution is -0.183. The highest BCUT2D eigenvalue weighted by atomic mass is 32.1. The number of pyridine rings is 1. The van der Waals surface area contributed by atoms with Gasteiger partial charge in [0.15, 0.2) is 0 Å². The average molecular weight is 987 g/mol. The van der Waals surface area contributed by atoms with Crippen molar-refractivity contribution in [2.75, 3.05) is 20.2 Å². The molecule has 5 N–H and O–H groups in total. The van der Waals surface area contributed by atoms with Gasteiger partial charge in [-0.2, -0.15) is 13.2 Å². The van der Waals surface area contributed by atoms with E-state index < -0.39 is 47.5 Å². The Morgan fingerprint density at radius 3 is 2.29 bits per heavy atom. The number of aromatic nitrogens is 1. The van der Waals surface area contributed by atoms with Crippen molar-refractivity contribution in [3.8, 4) is 16.2 Å². The Morgan fingerprint density at radius 1 is 0.900 bits per heavy atom. The highest BCUT2D eigenvalue weighted by molar-refractivity contribution is 7.13. The Bertz CT molecular complexity index is 2480. The first-order valence-corrected chi connectivity index (χ1v) is 24.8. The minimum absolute atomic E-state index is 0.00706. The Morgan fingerprint density at radius 2 is 1.61 bits per heavy atom. The number of β-amino-alcohol motifs (C(OH)–C–C–N with tert-alkyl or cyclic N) is 1. The topological polar surface area (TPSA) is 179 Å². The lowest BCUT2D eigenvalue weighted by Crippen LogP contribution is -2.57. The summed E-state index contributed by atoms with van der Waals surface area (Å²) in [4.78, 5) is 73.5. The highest BCUT2D eigenvalue weighted by Gasteiger charge is 2.44. The molecule has 2 fully saturated rings. The average Bonchev–Trinajstić information content (AvgIpc) is 3.95. The number of alkyl halides is 3. The smallest absolute Gasteiger partial charge is 0.391 e. The maximum atomic E-state index is 14.0. The van der Waals surface area contributed by atoms with E-state index in [1.807, 2.05) is 69.3 Å². The van der Waals surface area contributed by atoms with Crippen molar-refractivity contribution in [1.29, 1.82) is 0 Å². The number of methoxy groups -OCH3 is 1. The van der Waals surface area contributed by atoms with Gasteiger partial charge in [0.1, 0.15) is 23.5 Å². The summed E-state index contributed by atoms with van der Waals surface area (Å²) in [6.45, 7) is 8.29. The molecule has 0 spiro atoms. The number of benzene rings is 2. The highest BCUT2D eigenvalue weighted by Crippen LogP contribution is 2.40. The van der Waals surface area contributed by atoms with Crippen molar-refractivity contribution < 1.29 is 47.0 Å². The van der Waals surface area contributed by atoms with E-state index in [-0.39, 0.29) is 81.1 Å². The zero-order valence-corrected chi connectivity index (χ0v) is 41.3. The molecule has 376 valence electrons. The van der Waals surface area contributed by atoms with Gasteiger partial charge in [-0.25, -0.2) is 4.98 Å². The van der Waals surface area contributed by atoms with Crippen molar-refractivity contribution in [3.63, 3.8) is 0 Å². The van der Waals surface area contributed by atoms with Crippen LogP contribution in [-0.2, 0) is 38.7 Å². The first kappa shape index (κ1) is 53.3. The molecule has 1 saturated heterocycles. The summed E-state index contributed by atoms with van der Waals surface area (Å²) in [5, 5.41) is 24.2. The second-order valence-corrected chi connectivity index (χ2v) is 20.3. The van der Waals surface area contributed by atoms with Crippen LogP contribution in [0.5, 0.6) is 5.75 Å². The largest absolute Gasteiger partial charge is 0.495 e. The van der Waals surface area contributed by atoms with E-state index in [0.29, 0.717) is 43.5 Å². The third-order valence-electron chi connectivity index (χ3n) is 12.9. The number of likely N-dealkylation sites (tertiary alicyclic amines) is 1. The van der Waals surface area contributed by atoms with Crippen LogP contribution < -0.4 is 26.0 Å². The van der Waals surface area contributed by atoms with Crippen LogP contribution in [0.4, 0.5) is 13.2 Å². The molecule has 1 aliphatic heterocycles. The minimum Gasteiger partial charge on any atom is -0.495 e. The van der Waals surface area contributed by atoms with Crippen LogP contribution in [0.15, 0.2) is 78.3 Å². The minimum atomic E-state index is -4.17. The molecule has 0 radical (unpaired) electrons. The van der Waals surface area contributed by atoms with Crippen LogP contribution in [0.25, 0.3) is 16.5 Å². The third-order valence-corrected chi connectivity index (χ3v) is 14.0. The molecule has 4 aromatic rings. The quantitative estimate of drug-likeness (QED) is 0.0586. The predicted molar refractivity (Wildman–Crippen MR) is 263 cm³/mol. The van der Waals surface area contributed by atoms with Crippen LogP contribution >= 0.6 is 11.3 Å². The van der Waals surface area contributed by atoms with Gasteiger partial charge < -0.3 is 36.0 Å². The molecule has 17 heteroatoms. The maximum Gasteiger partial charge on any atom is 0.391 e. The number of amides is 5. The summed E-state index contributed by atoms with van der Waals surface area (Å²) < 4.78 is 44.8. The molecule has 3 atom stereocenters. The lowest BCUT2D eigenvalue weighted by Gasteiger charge is -2.35. The fourth-order valence-electron chi connectivity index (χ4n) is 8.87. The number of allylic oxidation sites excluding steroid dienone is 1. The molecule has 1 saturated carbocycles. The van der Waals surface area contributed by atoms with Crippen molar-refractivity contribution >= 4 is 46.9 Å². The molecule has 1 aliphatic carbocycles. The molecule has 2 aromatic heterocycles. The number of rotatable bonds is 19. The first-order valence-electron chi connectivity index (χ1n) is 23.9. The SMILES string of the molecule is COc1cnc(C(=O)NCc2cccc(CC(=O)NCCCCC(=O)N[C@H](C(=O)N3C[C@H](O)C[C@H]3C(=O)NCc3ccc(-c4sccc4C)cc3)C(C)(C)C)c2)cc1/C=C/C1CCC(C(F)(F)F)CC1. The predicted octanol–water partition coefficient (Wildman–Crippen LogP) is 8.08. The standard InChI is InChI=1S/C53H65F3N6O7S/c1-33-22-24-70-47(33)38-17-13-35(14-18-38)29-60-50(67)43-28-41(63)32-62(43)51(68)48(52(2,3)4)61-45(64)11-6-7-23-57-46(65)26-36-9-8-10-37(25-36)30-59-49(66)42-27-39(44(69-5)31-58-42)19-12-34-15-20-40(21-16-34)53(54,55)56/h8-10,12-14,17-19,22,24-25,27,31,34,40-41,43,48,63H,6-7,11,15-16,20-21,23,26,28-30,32H2,1-5H3,(H,57,65)(H,59,66)(H,60,67)(H,61,64)/b19-12+/t34?,40?,41-,43+,48-/m1/s1. The zero-order valence-electron chi connectivity index (χ0n) is 40.5. The van der Waals surface area contributed by atoms with E-state index in [9.17, 15) is 42.3 Å². The first-order chi connectivity index (χ1) is 33.3. The molecule has 2 aromatic carbocycles. The number of nitrogens with zero attached hydrogens (tertiary/aromatic N) is 2. The number of hydrogen-bond donors (Lipinski definition) is 5. The molecular weight excluding hydrogens is 922 g/mol. The molecule has 2 aliphatic rings. The Balaban J connectivity index is 0.911. The number of halogens is 3. The summed E-state index contributed by atoms with van der Waals surface area (Å²) >= 11 is 1.67. The van der Waals surface area contributed by atoms with E-state index in [0.717, 1.165) is 22.3 Å². The maximum absolute atomic E-state index is 14.0. The second-order valence-electron chi connectivity index (χ2n) is 19.4. The van der Waals surface area contributed by atoms with E-state index >= 15 is 0 Å². The van der Waals surface area contributed by atoms with Crippen LogP contribution in [0, 0.1) is 24.2 Å². The van der Waals surface area contributed by atoms with Crippen LogP contribution in [0.1, 0.15) is 110 Å². The lowest BCUT2D eigenvalue weighted by atomic mass is 9.81. The van der Waals surface area contributed by atoms with Crippen LogP contribution in [0.3, 0.4) is 0 Å². The normalized spacial score (nSPS) is 18.8. The summed E-state index contributed by atoms with van der Waals surface area (Å²) in [7, 11) is 1.48. The number of unbranched alkanes of at least 4 members (excludes halogenated alkanes) is 1. The van der Waals surface area contributed by atoms with Gasteiger partial charge >= 0.3 is 6.18 Å². The molecule has 6 rings (SSSR count). The van der Waals surface area contributed by atoms with Gasteiger partial charge in [-0.15, -0.1) is 11.3 Å². The number of aliphatic hydroxyl groups excluding tert-OH is 1. The Labute approximate surface area is 412 Å². The fraction of sp³-hybridized carbons (Fsp3) is 0.472. The van der Waals surface area contributed by atoms with Crippen molar-refractivity contribution in [2.45, 2.75) is 123 Å². The number of thiophene rings is 1. The molecule has 0 bridgehead atoms. The third kappa shape index (κ3) is 15.0. The fourth-order valence-corrected chi connectivity index (χ4v) is 9.81. The second kappa shape index (κ2) is 24.2. The number of carbonyl (C=O) groups excluding carboxylic acids is 5. The zero-order chi connectivity index (χ0) is 50.6. The number of nitrogens with one attached hydrogen (secondary N) is 4. The van der Waals surface area contributed by atoms with Crippen LogP contribution in [0.2, 0.25) is 0 Å². The van der Waals surface area contributed by atoms with E-state index in [1.165, 1.54) is 28.6 Å². The van der Waals surface area contributed by atoms with Gasteiger partial charge in [0.2, 0.25) is 23.6 Å². The van der Waals surface area contributed by atoms with Gasteiger partial charge in [-0.05, 0) is 102 Å². The Hall–Kier alpha value is -6.07. The van der Waals surface area contributed by atoms with E-state index in [4.69, 9.17) is 4.74 Å². The summed E-state index contributed by atoms with van der Waals surface area (Å²) in [5.41, 5.74) is 4.73. The van der Waals surface area contributed by atoms with E-state index in [1.54, 1.807) is 29.5 Å². The van der Waals surface area contributed by atoms with Crippen molar-refractivity contribution in [2.24, 2.45) is 17.3 Å². The van der Waals surface area contributed by atoms with Gasteiger partial charge in [0, 0.05) is 49.5 Å². The number of carbonyl (C=O) groups is 5. The molecule has 3 heterocycles. The summed E-state index contributed by atoms with van der Waals surface area (Å²) in [6, 6.07) is 17.0. The number of aliphatic hydroxyl groups is 1. The van der Waals surface area contributed by atoms with Crippen molar-refractivity contribution in [3.05, 3.63) is 112 Å². The number of hydrogen-bond acceptors (Lipinski definition) is 9. The number of aryl methyl sites for hydroxylation is 1. The van der Waals surface area contributed by atoms with Crippen LogP contribution in [-0.4, -0.2) is 89.1 Å². The summed E-state index contributed by atoms with van der Waals surface area (Å²) in [6.07, 6.45) is 2.32. The monoisotopic (exact) mass is 986 g/mol. The molecular formula is C53H65F3N6O7S. The van der Waals surface area contributed by atoms with Gasteiger partial charge in [0.05, 0.1) is 31.7 Å². The van der Waals surface area contributed by atoms with Gasteiger partial charge in [0.25, 0.3) is 5.91 Å². The van der Waals surface area contributed by atoms with E-state index in [2.05, 4.69) is 44.6 Å². The van der Waals surface area contributed by atoms with Gasteiger partial charge in [-0.1, -0.05) is 81.5 Å². The molecule has 5 amide bonds. The molecule has 70 heavy (non-hydrogen) atoms. The summed E-state index contributed by atoms with van der Waals surface area (Å²) in [5.74, 6) is -2.63. The number of ether oxygens (including phenoxy) is 1. The van der Waals surface area contributed by atoms with Crippen molar-refractivity contribution in [1.82, 2.24) is 31.2 Å². The van der Waals surface area contributed by atoms with Gasteiger partial charge in [-0.3, -0.25) is 24.0 Å². The molecule has 13 nitrogen and oxygen atoms in total.